The van der Waals surface area contributed by atoms with E-state index in [2.05, 4.69) is 25.1 Å². The smallest absolute Gasteiger partial charge is 0.163 e. The molecule has 1 aliphatic carbocycles. The molecule has 0 amide bonds. The first-order chi connectivity index (χ1) is 12.2. The lowest BCUT2D eigenvalue weighted by molar-refractivity contribution is 0.0975. The van der Waals surface area contributed by atoms with Crippen LogP contribution in [0.3, 0.4) is 0 Å². The molecule has 1 aliphatic rings. The van der Waals surface area contributed by atoms with Gasteiger partial charge >= 0.3 is 0 Å². The minimum absolute atomic E-state index is 0.181. The summed E-state index contributed by atoms with van der Waals surface area (Å²) < 4.78 is 5.28. The minimum Gasteiger partial charge on any atom is -0.497 e. The van der Waals surface area contributed by atoms with Crippen LogP contribution in [0.5, 0.6) is 5.75 Å². The van der Waals surface area contributed by atoms with Gasteiger partial charge in [-0.2, -0.15) is 0 Å². The summed E-state index contributed by atoms with van der Waals surface area (Å²) in [6.45, 7) is 2.10. The van der Waals surface area contributed by atoms with Gasteiger partial charge in [0.05, 0.1) is 7.11 Å². The Bertz CT molecular complexity index is 696. The molecule has 2 nitrogen and oxygen atoms in total. The van der Waals surface area contributed by atoms with E-state index in [1.165, 1.54) is 37.7 Å². The van der Waals surface area contributed by atoms with Gasteiger partial charge in [0.15, 0.2) is 5.78 Å². The van der Waals surface area contributed by atoms with Crippen LogP contribution >= 0.6 is 0 Å². The third kappa shape index (κ3) is 4.50. The second-order valence-corrected chi connectivity index (χ2v) is 7.26. The molecule has 3 rings (SSSR count). The second kappa shape index (κ2) is 8.33. The first-order valence-corrected chi connectivity index (χ1v) is 9.44. The van der Waals surface area contributed by atoms with Gasteiger partial charge in [-0.05, 0) is 47.9 Å². The van der Waals surface area contributed by atoms with Crippen LogP contribution in [0.15, 0.2) is 48.5 Å². The summed E-state index contributed by atoms with van der Waals surface area (Å²) in [6.07, 6.45) is 7.15. The lowest BCUT2D eigenvalue weighted by Crippen LogP contribution is -2.07. The summed E-state index contributed by atoms with van der Waals surface area (Å²) in [7, 11) is 1.67. The van der Waals surface area contributed by atoms with Gasteiger partial charge in [0.25, 0.3) is 0 Å². The van der Waals surface area contributed by atoms with Gasteiger partial charge < -0.3 is 4.74 Å². The van der Waals surface area contributed by atoms with Crippen LogP contribution in [0.4, 0.5) is 0 Å². The Morgan fingerprint density at radius 1 is 1.08 bits per heavy atom. The van der Waals surface area contributed by atoms with Crippen molar-refractivity contribution in [3.05, 3.63) is 65.2 Å². The minimum atomic E-state index is 0.181. The summed E-state index contributed by atoms with van der Waals surface area (Å²) in [4.78, 5) is 12.6. The number of carbonyl (C=O) groups excluding carboxylic acids is 1. The molecule has 0 heterocycles. The first-order valence-electron chi connectivity index (χ1n) is 9.44. The molecule has 0 spiro atoms. The average molecular weight is 336 g/mol. The molecular weight excluding hydrogens is 308 g/mol. The highest BCUT2D eigenvalue weighted by atomic mass is 16.5. The van der Waals surface area contributed by atoms with Crippen LogP contribution in [-0.4, -0.2) is 12.9 Å². The van der Waals surface area contributed by atoms with Gasteiger partial charge in [0, 0.05) is 12.0 Å². The van der Waals surface area contributed by atoms with Crippen LogP contribution in [0.1, 0.15) is 78.8 Å². The van der Waals surface area contributed by atoms with Crippen LogP contribution in [0.25, 0.3) is 0 Å². The maximum Gasteiger partial charge on any atom is 0.163 e. The summed E-state index contributed by atoms with van der Waals surface area (Å²) >= 11 is 0. The monoisotopic (exact) mass is 336 g/mol. The fourth-order valence-corrected chi connectivity index (χ4v) is 3.84. The molecule has 1 fully saturated rings. The van der Waals surface area contributed by atoms with Crippen molar-refractivity contribution < 1.29 is 9.53 Å². The molecule has 2 aromatic rings. The van der Waals surface area contributed by atoms with Gasteiger partial charge in [0.2, 0.25) is 0 Å². The molecule has 0 bridgehead atoms. The third-order valence-electron chi connectivity index (χ3n) is 5.46. The normalized spacial score (nSPS) is 16.4. The number of ketones is 1. The van der Waals surface area contributed by atoms with Gasteiger partial charge in [0.1, 0.15) is 5.75 Å². The number of hydrogen-bond acceptors (Lipinski definition) is 2. The van der Waals surface area contributed by atoms with Gasteiger partial charge in [-0.1, -0.05) is 62.6 Å². The SMILES string of the molecule is COc1cccc(C(C)CC(=O)c2ccc(C3CCCCC3)cc2)c1. The Morgan fingerprint density at radius 2 is 1.80 bits per heavy atom. The third-order valence-corrected chi connectivity index (χ3v) is 5.46. The molecule has 1 saturated carbocycles. The molecule has 132 valence electrons. The van der Waals surface area contributed by atoms with Crippen LogP contribution in [0.2, 0.25) is 0 Å². The lowest BCUT2D eigenvalue weighted by Gasteiger charge is -2.22. The molecule has 2 heteroatoms. The van der Waals surface area contributed by atoms with Gasteiger partial charge in [-0.25, -0.2) is 0 Å². The molecule has 0 aliphatic heterocycles. The van der Waals surface area contributed by atoms with E-state index in [9.17, 15) is 4.79 Å². The molecule has 2 aromatic carbocycles. The number of rotatable bonds is 6. The lowest BCUT2D eigenvalue weighted by atomic mass is 9.83. The molecule has 0 radical (unpaired) electrons. The quantitative estimate of drug-likeness (QED) is 0.594. The van der Waals surface area contributed by atoms with Crippen molar-refractivity contribution in [2.45, 2.75) is 57.3 Å². The topological polar surface area (TPSA) is 26.3 Å². The summed E-state index contributed by atoms with van der Waals surface area (Å²) in [5.74, 6) is 1.92. The maximum atomic E-state index is 12.6. The number of carbonyl (C=O) groups is 1. The van der Waals surface area contributed by atoms with Crippen LogP contribution in [0, 0.1) is 0 Å². The Kier molecular flexibility index (Phi) is 5.91. The first kappa shape index (κ1) is 17.7. The van der Waals surface area contributed by atoms with E-state index in [0.29, 0.717) is 12.3 Å². The fraction of sp³-hybridized carbons (Fsp3) is 0.435. The largest absolute Gasteiger partial charge is 0.497 e. The molecule has 0 N–H and O–H groups in total. The van der Waals surface area contributed by atoms with E-state index in [-0.39, 0.29) is 11.7 Å². The molecule has 0 saturated heterocycles. The zero-order valence-corrected chi connectivity index (χ0v) is 15.3. The number of ether oxygens (including phenoxy) is 1. The van der Waals surface area contributed by atoms with Gasteiger partial charge in [-0.3, -0.25) is 4.79 Å². The van der Waals surface area contributed by atoms with Crippen molar-refractivity contribution in [3.63, 3.8) is 0 Å². The predicted molar refractivity (Wildman–Crippen MR) is 103 cm³/mol. The van der Waals surface area contributed by atoms with Crippen molar-refractivity contribution in [1.82, 2.24) is 0 Å². The Balaban J connectivity index is 1.64. The van der Waals surface area contributed by atoms with E-state index < -0.39 is 0 Å². The Labute approximate surface area is 151 Å². The highest BCUT2D eigenvalue weighted by molar-refractivity contribution is 5.96. The number of Topliss-reactive ketones (excluding diaryl/α,β-unsaturated/α-hetero) is 1. The molecule has 1 unspecified atom stereocenters. The standard InChI is InChI=1S/C23H28O2/c1-17(21-9-6-10-22(16-21)25-2)15-23(24)20-13-11-19(12-14-20)18-7-4-3-5-8-18/h6,9-14,16-18H,3-5,7-8,15H2,1-2H3. The van der Waals surface area contributed by atoms with Crippen molar-refractivity contribution >= 4 is 5.78 Å². The van der Waals surface area contributed by atoms with Crippen LogP contribution < -0.4 is 4.74 Å². The van der Waals surface area contributed by atoms with Crippen molar-refractivity contribution in [3.8, 4) is 5.75 Å². The second-order valence-electron chi connectivity index (χ2n) is 7.26. The summed E-state index contributed by atoms with van der Waals surface area (Å²) in [5.41, 5.74) is 3.37. The number of methoxy groups -OCH3 is 1. The molecule has 0 aromatic heterocycles. The van der Waals surface area contributed by atoms with Crippen molar-refractivity contribution in [1.29, 1.82) is 0 Å². The van der Waals surface area contributed by atoms with E-state index in [1.54, 1.807) is 7.11 Å². The molecule has 1 atom stereocenters. The van der Waals surface area contributed by atoms with E-state index in [4.69, 9.17) is 4.74 Å². The van der Waals surface area contributed by atoms with Gasteiger partial charge in [-0.15, -0.1) is 0 Å². The average Bonchev–Trinajstić information content (AvgIpc) is 2.68. The van der Waals surface area contributed by atoms with Crippen molar-refractivity contribution in [2.24, 2.45) is 0 Å². The predicted octanol–water partition coefficient (Wildman–Crippen LogP) is 6.12. The summed E-state index contributed by atoms with van der Waals surface area (Å²) in [5, 5.41) is 0. The van der Waals surface area contributed by atoms with E-state index >= 15 is 0 Å². The van der Waals surface area contributed by atoms with Crippen LogP contribution in [-0.2, 0) is 0 Å². The fourth-order valence-electron chi connectivity index (χ4n) is 3.84. The highest BCUT2D eigenvalue weighted by Crippen LogP contribution is 2.33. The highest BCUT2D eigenvalue weighted by Gasteiger charge is 2.17. The molecular formula is C23H28O2. The number of hydrogen-bond donors (Lipinski definition) is 0. The maximum absolute atomic E-state index is 12.6. The van der Waals surface area contributed by atoms with Crippen molar-refractivity contribution in [2.75, 3.05) is 7.11 Å². The Morgan fingerprint density at radius 3 is 2.48 bits per heavy atom. The zero-order valence-electron chi connectivity index (χ0n) is 15.3. The zero-order chi connectivity index (χ0) is 17.6. The number of benzene rings is 2. The summed E-state index contributed by atoms with van der Waals surface area (Å²) in [6, 6.07) is 16.4. The Hall–Kier alpha value is -2.09. The van der Waals surface area contributed by atoms with E-state index in [0.717, 1.165) is 16.9 Å². The van der Waals surface area contributed by atoms with E-state index in [1.807, 2.05) is 30.3 Å². The molecule has 25 heavy (non-hydrogen) atoms.